The lowest BCUT2D eigenvalue weighted by molar-refractivity contribution is 0.101. The molecule has 1 atom stereocenters. The van der Waals surface area contributed by atoms with Gasteiger partial charge < -0.3 is 18.6 Å². The molecule has 3 rings (SSSR count). The van der Waals surface area contributed by atoms with Crippen molar-refractivity contribution in [3.8, 4) is 17.2 Å². The molecule has 0 bridgehead atoms. The van der Waals surface area contributed by atoms with E-state index < -0.39 is 11.9 Å². The molecule has 152 valence electrons. The fourth-order valence-corrected chi connectivity index (χ4v) is 3.11. The molecule has 0 radical (unpaired) electrons. The standard InChI is InChI=1S/C20H19FN2O5S/c1-12(27-18-7-5-4-6-15(18)21)19-22-23-20(28-19)29-11-16(24)14-10-13(25-2)8-9-17(14)26-3/h4-10,12H,11H2,1-3H3/t12-/m1/s1. The van der Waals surface area contributed by atoms with Gasteiger partial charge in [-0.3, -0.25) is 4.79 Å². The average Bonchev–Trinajstić information content (AvgIpc) is 3.22. The number of benzene rings is 2. The molecule has 0 amide bonds. The topological polar surface area (TPSA) is 83.7 Å². The molecule has 0 aliphatic heterocycles. The number of thioether (sulfide) groups is 1. The molecule has 0 saturated heterocycles. The Hall–Kier alpha value is -3.07. The molecule has 0 spiro atoms. The average molecular weight is 418 g/mol. The first-order valence-electron chi connectivity index (χ1n) is 8.64. The SMILES string of the molecule is COc1ccc(OC)c(C(=O)CSc2nnc([C@@H](C)Oc3ccccc3F)o2)c1. The molecule has 2 aromatic carbocycles. The fourth-order valence-electron chi connectivity index (χ4n) is 2.46. The number of nitrogens with zero attached hydrogens (tertiary/aromatic N) is 2. The molecule has 0 fully saturated rings. The highest BCUT2D eigenvalue weighted by molar-refractivity contribution is 7.99. The van der Waals surface area contributed by atoms with Crippen molar-refractivity contribution in [1.82, 2.24) is 10.2 Å². The van der Waals surface area contributed by atoms with E-state index in [0.29, 0.717) is 17.1 Å². The molecular formula is C20H19FN2O5S. The molecule has 7 nitrogen and oxygen atoms in total. The minimum absolute atomic E-state index is 0.0632. The highest BCUT2D eigenvalue weighted by Gasteiger charge is 2.19. The second-order valence-corrected chi connectivity index (χ2v) is 6.80. The van der Waals surface area contributed by atoms with Gasteiger partial charge in [-0.2, -0.15) is 0 Å². The monoisotopic (exact) mass is 418 g/mol. The zero-order chi connectivity index (χ0) is 20.8. The molecular weight excluding hydrogens is 399 g/mol. The lowest BCUT2D eigenvalue weighted by Gasteiger charge is -2.11. The van der Waals surface area contributed by atoms with Crippen molar-refractivity contribution in [2.75, 3.05) is 20.0 Å². The van der Waals surface area contributed by atoms with Crippen LogP contribution in [0.2, 0.25) is 0 Å². The van der Waals surface area contributed by atoms with E-state index in [0.717, 1.165) is 11.8 Å². The Bertz CT molecular complexity index is 995. The summed E-state index contributed by atoms with van der Waals surface area (Å²) in [4.78, 5) is 12.6. The second kappa shape index (κ2) is 9.42. The molecule has 0 aliphatic rings. The third-order valence-electron chi connectivity index (χ3n) is 3.94. The van der Waals surface area contributed by atoms with Gasteiger partial charge in [0.1, 0.15) is 11.5 Å². The van der Waals surface area contributed by atoms with Crippen LogP contribution < -0.4 is 14.2 Å². The normalized spacial score (nSPS) is 11.7. The Labute approximate surface area is 171 Å². The van der Waals surface area contributed by atoms with Gasteiger partial charge in [0.2, 0.25) is 0 Å². The first kappa shape index (κ1) is 20.7. The van der Waals surface area contributed by atoms with Crippen LogP contribution in [-0.2, 0) is 0 Å². The summed E-state index contributed by atoms with van der Waals surface area (Å²) in [7, 11) is 3.02. The predicted molar refractivity (Wildman–Crippen MR) is 104 cm³/mol. The molecule has 0 saturated carbocycles. The lowest BCUT2D eigenvalue weighted by atomic mass is 10.1. The number of carbonyl (C=O) groups excluding carboxylic acids is 1. The van der Waals surface area contributed by atoms with Crippen LogP contribution in [0.5, 0.6) is 17.2 Å². The number of Topliss-reactive ketones (excluding diaryl/α,β-unsaturated/α-hetero) is 1. The van der Waals surface area contributed by atoms with Crippen molar-refractivity contribution in [1.29, 1.82) is 0 Å². The van der Waals surface area contributed by atoms with Gasteiger partial charge in [0.05, 0.1) is 25.5 Å². The number of hydrogen-bond acceptors (Lipinski definition) is 8. The van der Waals surface area contributed by atoms with E-state index in [-0.39, 0.29) is 28.4 Å². The highest BCUT2D eigenvalue weighted by Crippen LogP contribution is 2.28. The van der Waals surface area contributed by atoms with E-state index >= 15 is 0 Å². The molecule has 0 aliphatic carbocycles. The van der Waals surface area contributed by atoms with E-state index in [4.69, 9.17) is 18.6 Å². The third kappa shape index (κ3) is 5.05. The molecule has 0 unspecified atom stereocenters. The smallest absolute Gasteiger partial charge is 0.277 e. The molecule has 29 heavy (non-hydrogen) atoms. The van der Waals surface area contributed by atoms with Gasteiger partial charge >= 0.3 is 0 Å². The number of halogens is 1. The maximum absolute atomic E-state index is 13.7. The van der Waals surface area contributed by atoms with E-state index in [2.05, 4.69) is 10.2 Å². The van der Waals surface area contributed by atoms with Crippen molar-refractivity contribution in [3.63, 3.8) is 0 Å². The van der Waals surface area contributed by atoms with Crippen LogP contribution in [0.3, 0.4) is 0 Å². The Morgan fingerprint density at radius 3 is 2.66 bits per heavy atom. The first-order chi connectivity index (χ1) is 14.0. The summed E-state index contributed by atoms with van der Waals surface area (Å²) in [6.45, 7) is 1.67. The summed E-state index contributed by atoms with van der Waals surface area (Å²) in [5, 5.41) is 8.03. The van der Waals surface area contributed by atoms with Crippen LogP contribution in [-0.4, -0.2) is 36.0 Å². The Morgan fingerprint density at radius 1 is 1.14 bits per heavy atom. The predicted octanol–water partition coefficient (Wildman–Crippen LogP) is 4.34. The van der Waals surface area contributed by atoms with Crippen LogP contribution in [0.25, 0.3) is 0 Å². The maximum Gasteiger partial charge on any atom is 0.277 e. The number of ketones is 1. The summed E-state index contributed by atoms with van der Waals surface area (Å²) in [6, 6.07) is 11.0. The summed E-state index contributed by atoms with van der Waals surface area (Å²) in [5.41, 5.74) is 0.398. The summed E-state index contributed by atoms with van der Waals surface area (Å²) < 4.78 is 35.1. The summed E-state index contributed by atoms with van der Waals surface area (Å²) in [5.74, 6) is 0.684. The summed E-state index contributed by atoms with van der Waals surface area (Å²) >= 11 is 1.09. The van der Waals surface area contributed by atoms with Crippen LogP contribution >= 0.6 is 11.8 Å². The van der Waals surface area contributed by atoms with Gasteiger partial charge in [0.15, 0.2) is 23.5 Å². The van der Waals surface area contributed by atoms with E-state index in [9.17, 15) is 9.18 Å². The number of methoxy groups -OCH3 is 2. The van der Waals surface area contributed by atoms with Crippen LogP contribution in [0.15, 0.2) is 52.1 Å². The number of aromatic nitrogens is 2. The minimum atomic E-state index is -0.650. The van der Waals surface area contributed by atoms with Crippen molar-refractivity contribution in [2.24, 2.45) is 0 Å². The Balaban J connectivity index is 1.63. The van der Waals surface area contributed by atoms with Crippen LogP contribution in [0, 0.1) is 5.82 Å². The van der Waals surface area contributed by atoms with Crippen molar-refractivity contribution in [3.05, 3.63) is 59.7 Å². The number of ether oxygens (including phenoxy) is 3. The molecule has 9 heteroatoms. The number of hydrogen-bond donors (Lipinski definition) is 0. The minimum Gasteiger partial charge on any atom is -0.497 e. The number of rotatable bonds is 9. The van der Waals surface area contributed by atoms with Gasteiger partial charge in [-0.05, 0) is 37.3 Å². The third-order valence-corrected chi connectivity index (χ3v) is 4.76. The zero-order valence-corrected chi connectivity index (χ0v) is 16.9. The van der Waals surface area contributed by atoms with Crippen LogP contribution in [0.4, 0.5) is 4.39 Å². The Morgan fingerprint density at radius 2 is 1.93 bits per heavy atom. The molecule has 1 aromatic heterocycles. The van der Waals surface area contributed by atoms with E-state index in [1.807, 2.05) is 0 Å². The fraction of sp³-hybridized carbons (Fsp3) is 0.250. The Kier molecular flexibility index (Phi) is 6.71. The van der Waals surface area contributed by atoms with Gasteiger partial charge in [-0.25, -0.2) is 4.39 Å². The number of para-hydroxylation sites is 1. The second-order valence-electron chi connectivity index (χ2n) is 5.87. The van der Waals surface area contributed by atoms with E-state index in [1.54, 1.807) is 37.3 Å². The van der Waals surface area contributed by atoms with Crippen molar-refractivity contribution in [2.45, 2.75) is 18.3 Å². The van der Waals surface area contributed by atoms with Crippen molar-refractivity contribution >= 4 is 17.5 Å². The quantitative estimate of drug-likeness (QED) is 0.375. The molecule has 3 aromatic rings. The van der Waals surface area contributed by atoms with Gasteiger partial charge in [-0.1, -0.05) is 23.9 Å². The maximum atomic E-state index is 13.7. The van der Waals surface area contributed by atoms with E-state index in [1.165, 1.54) is 26.4 Å². The first-order valence-corrected chi connectivity index (χ1v) is 9.63. The molecule has 0 N–H and O–H groups in total. The van der Waals surface area contributed by atoms with Gasteiger partial charge in [0.25, 0.3) is 11.1 Å². The van der Waals surface area contributed by atoms with Gasteiger partial charge in [-0.15, -0.1) is 10.2 Å². The molecule has 1 heterocycles. The van der Waals surface area contributed by atoms with Crippen molar-refractivity contribution < 1.29 is 27.8 Å². The summed E-state index contributed by atoms with van der Waals surface area (Å²) in [6.07, 6.45) is -0.650. The highest BCUT2D eigenvalue weighted by atomic mass is 32.2. The largest absolute Gasteiger partial charge is 0.497 e. The number of carbonyl (C=O) groups is 1. The zero-order valence-electron chi connectivity index (χ0n) is 16.0. The lowest BCUT2D eigenvalue weighted by Crippen LogP contribution is -2.05. The van der Waals surface area contributed by atoms with Crippen LogP contribution in [0.1, 0.15) is 29.3 Å². The van der Waals surface area contributed by atoms with Gasteiger partial charge in [0, 0.05) is 0 Å².